The summed E-state index contributed by atoms with van der Waals surface area (Å²) in [6, 6.07) is 32.5. The van der Waals surface area contributed by atoms with Crippen LogP contribution in [0.2, 0.25) is 0 Å². The minimum absolute atomic E-state index is 0.260. The summed E-state index contributed by atoms with van der Waals surface area (Å²) in [6.45, 7) is 3.97. The number of rotatable bonds is 2. The zero-order valence-electron chi connectivity index (χ0n) is 15.3. The van der Waals surface area contributed by atoms with Gasteiger partial charge in [-0.2, -0.15) is 0 Å². The largest absolute Gasteiger partial charge is 0.312 e. The molecule has 2 aliphatic rings. The topological polar surface area (TPSA) is 15.6 Å². The first kappa shape index (κ1) is 15.5. The van der Waals surface area contributed by atoms with Crippen LogP contribution in [0.1, 0.15) is 0 Å². The smallest absolute Gasteiger partial charge is 0.248 e. The third kappa shape index (κ3) is 1.96. The number of hydrogen-bond acceptors (Lipinski definition) is 2. The third-order valence-corrected chi connectivity index (χ3v) is 5.94. The highest BCUT2D eigenvalue weighted by Gasteiger charge is 2.41. The summed E-state index contributed by atoms with van der Waals surface area (Å²) in [4.78, 5) is 6.55. The number of nitrogens with zero attached hydrogens (tertiary/aromatic N) is 2. The molecule has 2 aliphatic heterocycles. The van der Waals surface area contributed by atoms with Crippen LogP contribution in [0.25, 0.3) is 11.1 Å². The fraction of sp³-hybridized carbons (Fsp3) is 0. The molecule has 0 atom stereocenters. The van der Waals surface area contributed by atoms with E-state index in [4.69, 9.17) is 0 Å². The average molecular weight is 356 g/mol. The Hall–Kier alpha value is -3.59. The number of para-hydroxylation sites is 2. The zero-order chi connectivity index (χ0) is 18.7. The highest BCUT2D eigenvalue weighted by molar-refractivity contribution is 7.01. The second kappa shape index (κ2) is 5.70. The Labute approximate surface area is 164 Å². The standard InChI is InChI=1S/C25H17BN2/c1-27-17-14-15-21-20(16-17)19-10-7-13-24-25(19)26(21)22-11-5-6-12-23(22)28(24)18-8-3-2-4-9-18/h2-16H,1H2. The van der Waals surface area contributed by atoms with Gasteiger partial charge in [-0.05, 0) is 65.2 Å². The van der Waals surface area contributed by atoms with Crippen molar-refractivity contribution in [1.82, 2.24) is 0 Å². The molecule has 0 amide bonds. The number of benzene rings is 4. The molecule has 28 heavy (non-hydrogen) atoms. The number of anilines is 3. The maximum atomic E-state index is 4.16. The molecule has 0 saturated heterocycles. The molecule has 0 bridgehead atoms. The van der Waals surface area contributed by atoms with Crippen molar-refractivity contribution in [3.8, 4) is 11.1 Å². The Bertz CT molecular complexity index is 1250. The molecule has 0 radical (unpaired) electrons. The minimum atomic E-state index is 0.260. The van der Waals surface area contributed by atoms with Crippen LogP contribution in [0.5, 0.6) is 0 Å². The van der Waals surface area contributed by atoms with E-state index in [1.54, 1.807) is 0 Å². The van der Waals surface area contributed by atoms with Crippen molar-refractivity contribution in [2.45, 2.75) is 0 Å². The summed E-state index contributed by atoms with van der Waals surface area (Å²) in [6.07, 6.45) is 0. The number of fused-ring (bicyclic) bond motifs is 5. The Morgan fingerprint density at radius 1 is 0.679 bits per heavy atom. The Morgan fingerprint density at radius 3 is 2.32 bits per heavy atom. The Morgan fingerprint density at radius 2 is 1.46 bits per heavy atom. The van der Waals surface area contributed by atoms with Crippen molar-refractivity contribution < 1.29 is 0 Å². The first-order chi connectivity index (χ1) is 13.9. The molecule has 0 aliphatic carbocycles. The first-order valence-corrected chi connectivity index (χ1v) is 9.55. The average Bonchev–Trinajstić information content (AvgIpc) is 3.10. The Balaban J connectivity index is 1.71. The van der Waals surface area contributed by atoms with Crippen LogP contribution >= 0.6 is 0 Å². The molecular weight excluding hydrogens is 339 g/mol. The monoisotopic (exact) mass is 356 g/mol. The van der Waals surface area contributed by atoms with Crippen LogP contribution < -0.4 is 21.3 Å². The molecular formula is C25H17BN2. The summed E-state index contributed by atoms with van der Waals surface area (Å²) >= 11 is 0. The summed E-state index contributed by atoms with van der Waals surface area (Å²) in [5.41, 5.74) is 11.3. The lowest BCUT2D eigenvalue weighted by molar-refractivity contribution is 1.30. The first-order valence-electron chi connectivity index (χ1n) is 9.55. The Kier molecular flexibility index (Phi) is 3.15. The quantitative estimate of drug-likeness (QED) is 0.334. The molecule has 4 aromatic carbocycles. The van der Waals surface area contributed by atoms with Crippen LogP contribution in [-0.2, 0) is 0 Å². The highest BCUT2D eigenvalue weighted by atomic mass is 15.1. The molecule has 2 nitrogen and oxygen atoms in total. The third-order valence-electron chi connectivity index (χ3n) is 5.94. The van der Waals surface area contributed by atoms with E-state index in [1.807, 2.05) is 0 Å². The predicted octanol–water partition coefficient (Wildman–Crippen LogP) is 4.30. The van der Waals surface area contributed by atoms with Gasteiger partial charge in [0.15, 0.2) is 0 Å². The number of aliphatic imine (C=N–C) groups is 1. The molecule has 6 rings (SSSR count). The summed E-state index contributed by atoms with van der Waals surface area (Å²) in [7, 11) is 0. The van der Waals surface area contributed by atoms with Crippen LogP contribution in [0, 0.1) is 0 Å². The maximum Gasteiger partial charge on any atom is 0.248 e. The van der Waals surface area contributed by atoms with Gasteiger partial charge in [0.1, 0.15) is 0 Å². The van der Waals surface area contributed by atoms with Gasteiger partial charge in [0, 0.05) is 17.1 Å². The van der Waals surface area contributed by atoms with E-state index in [9.17, 15) is 0 Å². The zero-order valence-corrected chi connectivity index (χ0v) is 15.3. The molecule has 3 heteroatoms. The van der Waals surface area contributed by atoms with Crippen molar-refractivity contribution in [3.05, 3.63) is 91.0 Å². The second-order valence-electron chi connectivity index (χ2n) is 7.33. The van der Waals surface area contributed by atoms with Crippen LogP contribution in [0.4, 0.5) is 22.7 Å². The van der Waals surface area contributed by atoms with Gasteiger partial charge in [-0.15, -0.1) is 0 Å². The van der Waals surface area contributed by atoms with E-state index in [0.717, 1.165) is 5.69 Å². The molecule has 0 N–H and O–H groups in total. The van der Waals surface area contributed by atoms with Crippen LogP contribution in [-0.4, -0.2) is 13.4 Å². The van der Waals surface area contributed by atoms with E-state index in [1.165, 1.54) is 44.6 Å². The highest BCUT2D eigenvalue weighted by Crippen LogP contribution is 2.40. The van der Waals surface area contributed by atoms with Gasteiger partial charge in [-0.25, -0.2) is 0 Å². The van der Waals surface area contributed by atoms with Crippen molar-refractivity contribution >= 4 is 52.6 Å². The lowest BCUT2D eigenvalue weighted by Gasteiger charge is -2.35. The normalized spacial score (nSPS) is 13.0. The van der Waals surface area contributed by atoms with Gasteiger partial charge in [-0.3, -0.25) is 4.99 Å². The fourth-order valence-corrected chi connectivity index (χ4v) is 4.81. The van der Waals surface area contributed by atoms with Gasteiger partial charge in [-0.1, -0.05) is 60.1 Å². The van der Waals surface area contributed by atoms with Crippen LogP contribution in [0.15, 0.2) is 96.0 Å². The lowest BCUT2D eigenvalue weighted by atomic mass is 9.37. The van der Waals surface area contributed by atoms with E-state index in [0.29, 0.717) is 0 Å². The summed E-state index contributed by atoms with van der Waals surface area (Å²) < 4.78 is 0. The molecule has 130 valence electrons. The van der Waals surface area contributed by atoms with Gasteiger partial charge >= 0.3 is 0 Å². The van der Waals surface area contributed by atoms with Crippen LogP contribution in [0.3, 0.4) is 0 Å². The molecule has 0 spiro atoms. The maximum absolute atomic E-state index is 4.16. The van der Waals surface area contributed by atoms with Crippen molar-refractivity contribution in [2.75, 3.05) is 4.90 Å². The van der Waals surface area contributed by atoms with Crippen molar-refractivity contribution in [1.29, 1.82) is 0 Å². The van der Waals surface area contributed by atoms with Gasteiger partial charge in [0.25, 0.3) is 0 Å². The minimum Gasteiger partial charge on any atom is -0.312 e. The van der Waals surface area contributed by atoms with E-state index in [-0.39, 0.29) is 6.71 Å². The number of hydrogen-bond donors (Lipinski definition) is 0. The van der Waals surface area contributed by atoms with Crippen molar-refractivity contribution in [2.24, 2.45) is 4.99 Å². The summed E-state index contributed by atoms with van der Waals surface area (Å²) in [5, 5.41) is 0. The predicted molar refractivity (Wildman–Crippen MR) is 120 cm³/mol. The molecule has 0 unspecified atom stereocenters. The SMILES string of the molecule is C=Nc1ccc2c(c1)-c1cccc3c1B2c1ccccc1N3c1ccccc1. The fourth-order valence-electron chi connectivity index (χ4n) is 4.81. The van der Waals surface area contributed by atoms with Gasteiger partial charge in [0.2, 0.25) is 6.71 Å². The molecule has 2 heterocycles. The van der Waals surface area contributed by atoms with E-state index >= 15 is 0 Å². The molecule has 0 fully saturated rings. The van der Waals surface area contributed by atoms with E-state index < -0.39 is 0 Å². The molecule has 0 aromatic heterocycles. The van der Waals surface area contributed by atoms with Crippen molar-refractivity contribution in [3.63, 3.8) is 0 Å². The second-order valence-corrected chi connectivity index (χ2v) is 7.33. The summed E-state index contributed by atoms with van der Waals surface area (Å²) in [5.74, 6) is 0. The van der Waals surface area contributed by atoms with Gasteiger partial charge in [0.05, 0.1) is 5.69 Å². The lowest BCUT2D eigenvalue weighted by Crippen LogP contribution is -2.54. The molecule has 4 aromatic rings. The van der Waals surface area contributed by atoms with Gasteiger partial charge < -0.3 is 4.90 Å². The van der Waals surface area contributed by atoms with E-state index in [2.05, 4.69) is 108 Å². The molecule has 0 saturated carbocycles.